The number of nitrogens with zero attached hydrogens (tertiary/aromatic N) is 1. The summed E-state index contributed by atoms with van der Waals surface area (Å²) in [5.74, 6) is -0.897. The Balaban J connectivity index is 2.76. The molecule has 0 aromatic heterocycles. The van der Waals surface area contributed by atoms with Crippen LogP contribution in [0.2, 0.25) is 0 Å². The molecule has 0 aliphatic carbocycles. The molecule has 0 aromatic rings. The fraction of sp³-hybridized carbons (Fsp3) is 0.812. The molecule has 2 amide bonds. The van der Waals surface area contributed by atoms with Gasteiger partial charge < -0.3 is 15.7 Å². The van der Waals surface area contributed by atoms with E-state index in [-0.39, 0.29) is 29.8 Å². The number of amides is 2. The molecule has 3 N–H and O–H groups in total. The zero-order chi connectivity index (χ0) is 17.6. The van der Waals surface area contributed by atoms with Crippen LogP contribution in [0.3, 0.4) is 0 Å². The Hall–Kier alpha value is -1.63. The van der Waals surface area contributed by atoms with Crippen molar-refractivity contribution in [3.8, 4) is 0 Å². The van der Waals surface area contributed by atoms with Gasteiger partial charge in [-0.3, -0.25) is 19.3 Å². The minimum Gasteiger partial charge on any atom is -0.480 e. The molecular weight excluding hydrogens is 298 g/mol. The van der Waals surface area contributed by atoms with E-state index >= 15 is 0 Å². The summed E-state index contributed by atoms with van der Waals surface area (Å²) in [6.07, 6.45) is 2.30. The summed E-state index contributed by atoms with van der Waals surface area (Å²) in [5, 5.41) is 15.2. The minimum atomic E-state index is -0.861. The van der Waals surface area contributed by atoms with Gasteiger partial charge in [-0.25, -0.2) is 0 Å². The molecule has 1 aliphatic heterocycles. The Morgan fingerprint density at radius 3 is 2.39 bits per heavy atom. The number of carboxylic acid groups (broad SMARTS) is 1. The Morgan fingerprint density at radius 2 is 1.91 bits per heavy atom. The maximum atomic E-state index is 11.5. The van der Waals surface area contributed by atoms with E-state index in [4.69, 9.17) is 0 Å². The number of carbonyl (C=O) groups excluding carboxylic acids is 2. The fourth-order valence-corrected chi connectivity index (χ4v) is 3.36. The second-order valence-corrected chi connectivity index (χ2v) is 6.48. The SMILES string of the molecule is CCC[C@@H](CN1CC(NC(C)=O)CC1C(=O)O)C(C)NC(C)=O. The van der Waals surface area contributed by atoms with Crippen LogP contribution in [0.4, 0.5) is 0 Å². The van der Waals surface area contributed by atoms with E-state index in [9.17, 15) is 19.5 Å². The van der Waals surface area contributed by atoms with E-state index < -0.39 is 12.0 Å². The standard InChI is InChI=1S/C16H29N3O4/c1-5-6-13(10(2)17-11(3)20)8-19-9-14(18-12(4)21)7-15(19)16(22)23/h10,13-15H,5-9H2,1-4H3,(H,17,20)(H,18,21)(H,22,23)/t10?,13-,14?,15?/m0/s1. The molecule has 0 bridgehead atoms. The van der Waals surface area contributed by atoms with E-state index in [1.54, 1.807) is 0 Å². The average molecular weight is 327 g/mol. The van der Waals surface area contributed by atoms with Crippen molar-refractivity contribution in [1.29, 1.82) is 0 Å². The number of aliphatic carboxylic acids is 1. The number of rotatable bonds is 8. The minimum absolute atomic E-state index is 0.0123. The number of carboxylic acids is 1. The maximum Gasteiger partial charge on any atom is 0.321 e. The summed E-state index contributed by atoms with van der Waals surface area (Å²) in [7, 11) is 0. The van der Waals surface area contributed by atoms with E-state index in [0.717, 1.165) is 12.8 Å². The summed E-state index contributed by atoms with van der Waals surface area (Å²) < 4.78 is 0. The van der Waals surface area contributed by atoms with Crippen LogP contribution in [-0.2, 0) is 14.4 Å². The summed E-state index contributed by atoms with van der Waals surface area (Å²) in [6.45, 7) is 8.09. The lowest BCUT2D eigenvalue weighted by molar-refractivity contribution is -0.142. The smallest absolute Gasteiger partial charge is 0.321 e. The van der Waals surface area contributed by atoms with Gasteiger partial charge in [0.2, 0.25) is 11.8 Å². The van der Waals surface area contributed by atoms with Crippen molar-refractivity contribution < 1.29 is 19.5 Å². The molecule has 0 saturated carbocycles. The van der Waals surface area contributed by atoms with Crippen molar-refractivity contribution >= 4 is 17.8 Å². The molecule has 3 unspecified atom stereocenters. The molecule has 1 fully saturated rings. The van der Waals surface area contributed by atoms with Crippen molar-refractivity contribution in [2.24, 2.45) is 5.92 Å². The van der Waals surface area contributed by atoms with Crippen LogP contribution < -0.4 is 10.6 Å². The molecule has 7 nitrogen and oxygen atoms in total. The van der Waals surface area contributed by atoms with E-state index in [1.165, 1.54) is 13.8 Å². The second-order valence-electron chi connectivity index (χ2n) is 6.48. The first-order valence-corrected chi connectivity index (χ1v) is 8.25. The molecule has 4 atom stereocenters. The molecule has 7 heteroatoms. The molecule has 0 spiro atoms. The third kappa shape index (κ3) is 6.17. The van der Waals surface area contributed by atoms with Gasteiger partial charge in [0.15, 0.2) is 0 Å². The first kappa shape index (κ1) is 19.4. The molecule has 1 heterocycles. The summed E-state index contributed by atoms with van der Waals surface area (Å²) in [4.78, 5) is 35.9. The predicted molar refractivity (Wildman–Crippen MR) is 86.9 cm³/mol. The highest BCUT2D eigenvalue weighted by Crippen LogP contribution is 2.23. The summed E-state index contributed by atoms with van der Waals surface area (Å²) >= 11 is 0. The Morgan fingerprint density at radius 1 is 1.26 bits per heavy atom. The van der Waals surface area contributed by atoms with Crippen LogP contribution in [0.25, 0.3) is 0 Å². The van der Waals surface area contributed by atoms with Crippen LogP contribution in [-0.4, -0.2) is 59.0 Å². The number of carbonyl (C=O) groups is 3. The van der Waals surface area contributed by atoms with Crippen molar-refractivity contribution in [3.63, 3.8) is 0 Å². The summed E-state index contributed by atoms with van der Waals surface area (Å²) in [5.41, 5.74) is 0. The van der Waals surface area contributed by atoms with Crippen LogP contribution in [0.5, 0.6) is 0 Å². The average Bonchev–Trinajstić information content (AvgIpc) is 2.79. The highest BCUT2D eigenvalue weighted by Gasteiger charge is 2.38. The van der Waals surface area contributed by atoms with Crippen LogP contribution in [0.1, 0.15) is 47.0 Å². The molecule has 0 radical (unpaired) electrons. The van der Waals surface area contributed by atoms with Crippen molar-refractivity contribution in [2.75, 3.05) is 13.1 Å². The number of nitrogens with one attached hydrogen (secondary N) is 2. The highest BCUT2D eigenvalue weighted by atomic mass is 16.4. The van der Waals surface area contributed by atoms with Crippen molar-refractivity contribution in [1.82, 2.24) is 15.5 Å². The first-order chi connectivity index (χ1) is 10.7. The molecule has 1 rings (SSSR count). The van der Waals surface area contributed by atoms with Gasteiger partial charge in [0.1, 0.15) is 6.04 Å². The van der Waals surface area contributed by atoms with Gasteiger partial charge in [-0.2, -0.15) is 0 Å². The molecule has 0 aromatic carbocycles. The second kappa shape index (κ2) is 8.86. The molecule has 23 heavy (non-hydrogen) atoms. The van der Waals surface area contributed by atoms with Gasteiger partial charge in [-0.1, -0.05) is 13.3 Å². The number of likely N-dealkylation sites (tertiary alicyclic amines) is 1. The maximum absolute atomic E-state index is 11.5. The van der Waals surface area contributed by atoms with E-state index in [1.807, 2.05) is 11.8 Å². The van der Waals surface area contributed by atoms with Crippen LogP contribution in [0, 0.1) is 5.92 Å². The molecule has 1 saturated heterocycles. The van der Waals surface area contributed by atoms with Gasteiger partial charge in [-0.05, 0) is 25.7 Å². The Bertz CT molecular complexity index is 441. The van der Waals surface area contributed by atoms with Gasteiger partial charge in [0.05, 0.1) is 0 Å². The monoisotopic (exact) mass is 327 g/mol. The molecule has 132 valence electrons. The summed E-state index contributed by atoms with van der Waals surface area (Å²) in [6, 6.07) is -0.732. The van der Waals surface area contributed by atoms with Crippen LogP contribution >= 0.6 is 0 Å². The van der Waals surface area contributed by atoms with E-state index in [2.05, 4.69) is 17.6 Å². The lowest BCUT2D eigenvalue weighted by atomic mass is 9.95. The largest absolute Gasteiger partial charge is 0.480 e. The topological polar surface area (TPSA) is 98.7 Å². The Labute approximate surface area is 137 Å². The van der Waals surface area contributed by atoms with Crippen LogP contribution in [0.15, 0.2) is 0 Å². The molecular formula is C16H29N3O4. The first-order valence-electron chi connectivity index (χ1n) is 8.25. The zero-order valence-electron chi connectivity index (χ0n) is 14.5. The third-order valence-corrected chi connectivity index (χ3v) is 4.36. The third-order valence-electron chi connectivity index (χ3n) is 4.36. The Kier molecular flexibility index (Phi) is 7.48. The van der Waals surface area contributed by atoms with Crippen molar-refractivity contribution in [2.45, 2.75) is 65.1 Å². The van der Waals surface area contributed by atoms with Crippen molar-refractivity contribution in [3.05, 3.63) is 0 Å². The number of hydrogen-bond acceptors (Lipinski definition) is 4. The van der Waals surface area contributed by atoms with E-state index in [0.29, 0.717) is 19.5 Å². The quantitative estimate of drug-likeness (QED) is 0.606. The zero-order valence-corrected chi connectivity index (χ0v) is 14.5. The van der Waals surface area contributed by atoms with Gasteiger partial charge in [0, 0.05) is 39.0 Å². The molecule has 1 aliphatic rings. The van der Waals surface area contributed by atoms with Gasteiger partial charge in [0.25, 0.3) is 0 Å². The fourth-order valence-electron chi connectivity index (χ4n) is 3.36. The predicted octanol–water partition coefficient (Wildman–Crippen LogP) is 0.591. The highest BCUT2D eigenvalue weighted by molar-refractivity contribution is 5.76. The normalized spacial score (nSPS) is 24.0. The van der Waals surface area contributed by atoms with Gasteiger partial charge in [-0.15, -0.1) is 0 Å². The van der Waals surface area contributed by atoms with Gasteiger partial charge >= 0.3 is 5.97 Å². The number of hydrogen-bond donors (Lipinski definition) is 3. The lowest BCUT2D eigenvalue weighted by Crippen LogP contribution is -2.46. The lowest BCUT2D eigenvalue weighted by Gasteiger charge is -2.30.